The van der Waals surface area contributed by atoms with Crippen molar-refractivity contribution in [2.24, 2.45) is 5.92 Å². The van der Waals surface area contributed by atoms with Gasteiger partial charge in [0.25, 0.3) is 0 Å². The fourth-order valence-electron chi connectivity index (χ4n) is 1.30. The summed E-state index contributed by atoms with van der Waals surface area (Å²) in [6.07, 6.45) is -0.394. The van der Waals surface area contributed by atoms with Gasteiger partial charge in [-0.3, -0.25) is 0 Å². The molecule has 1 atom stereocenters. The smallest absolute Gasteiger partial charge is 0.0914 e. The molecule has 0 saturated carbocycles. The summed E-state index contributed by atoms with van der Waals surface area (Å²) in [7, 11) is 0. The third kappa shape index (κ3) is 3.90. The van der Waals surface area contributed by atoms with Gasteiger partial charge >= 0.3 is 0 Å². The van der Waals surface area contributed by atoms with E-state index in [0.717, 1.165) is 12.1 Å². The van der Waals surface area contributed by atoms with Gasteiger partial charge in [0.15, 0.2) is 0 Å². The molecule has 78 valence electrons. The Morgan fingerprint density at radius 1 is 1.14 bits per heavy atom. The molecule has 0 heterocycles. The van der Waals surface area contributed by atoms with E-state index in [1.54, 1.807) is 0 Å². The first-order chi connectivity index (χ1) is 6.70. The van der Waals surface area contributed by atoms with Crippen molar-refractivity contribution in [2.75, 3.05) is 13.1 Å². The molecule has 0 fully saturated rings. The first kappa shape index (κ1) is 11.2. The number of aliphatic hydroxyl groups excluding tert-OH is 1. The monoisotopic (exact) mass is 193 g/mol. The Balaban J connectivity index is 2.32. The van der Waals surface area contributed by atoms with E-state index in [2.05, 4.69) is 19.2 Å². The molecule has 0 aliphatic heterocycles. The predicted octanol–water partition coefficient (Wildman–Crippen LogP) is 1.97. The molecule has 0 unspecified atom stereocenters. The maximum atomic E-state index is 9.77. The van der Waals surface area contributed by atoms with Crippen LogP contribution in [0.5, 0.6) is 0 Å². The van der Waals surface area contributed by atoms with Gasteiger partial charge in [0, 0.05) is 6.54 Å². The fourth-order valence-corrected chi connectivity index (χ4v) is 1.30. The summed E-state index contributed by atoms with van der Waals surface area (Å²) in [6.45, 7) is 5.88. The van der Waals surface area contributed by atoms with E-state index in [1.165, 1.54) is 0 Å². The Morgan fingerprint density at radius 3 is 2.36 bits per heavy atom. The maximum Gasteiger partial charge on any atom is 0.0914 e. The van der Waals surface area contributed by atoms with Gasteiger partial charge in [0.05, 0.1) is 6.10 Å². The van der Waals surface area contributed by atoms with E-state index >= 15 is 0 Å². The third-order valence-electron chi connectivity index (χ3n) is 2.07. The van der Waals surface area contributed by atoms with Crippen molar-refractivity contribution in [3.05, 3.63) is 35.9 Å². The molecule has 0 amide bonds. The number of aliphatic hydroxyl groups is 1. The molecule has 0 aliphatic carbocycles. The molecule has 0 aromatic heterocycles. The van der Waals surface area contributed by atoms with Gasteiger partial charge < -0.3 is 10.4 Å². The van der Waals surface area contributed by atoms with Crippen LogP contribution in [-0.2, 0) is 0 Å². The maximum absolute atomic E-state index is 9.77. The van der Waals surface area contributed by atoms with Crippen LogP contribution in [0.1, 0.15) is 25.5 Å². The Hall–Kier alpha value is -0.860. The normalized spacial score (nSPS) is 13.1. The highest BCUT2D eigenvalue weighted by molar-refractivity contribution is 5.17. The zero-order chi connectivity index (χ0) is 10.4. The van der Waals surface area contributed by atoms with Gasteiger partial charge in [-0.15, -0.1) is 0 Å². The van der Waals surface area contributed by atoms with Crippen molar-refractivity contribution in [3.63, 3.8) is 0 Å². The zero-order valence-electron chi connectivity index (χ0n) is 8.90. The number of hydrogen-bond acceptors (Lipinski definition) is 2. The third-order valence-corrected chi connectivity index (χ3v) is 2.07. The lowest BCUT2D eigenvalue weighted by molar-refractivity contribution is 0.173. The summed E-state index contributed by atoms with van der Waals surface area (Å²) >= 11 is 0. The van der Waals surface area contributed by atoms with Crippen molar-refractivity contribution >= 4 is 0 Å². The average Bonchev–Trinajstić information content (AvgIpc) is 2.18. The summed E-state index contributed by atoms with van der Waals surface area (Å²) in [5.74, 6) is 0.623. The first-order valence-corrected chi connectivity index (χ1v) is 5.14. The molecule has 2 N–H and O–H groups in total. The van der Waals surface area contributed by atoms with Crippen molar-refractivity contribution in [2.45, 2.75) is 20.0 Å². The van der Waals surface area contributed by atoms with Crippen LogP contribution in [0.3, 0.4) is 0 Å². The van der Waals surface area contributed by atoms with Gasteiger partial charge in [-0.1, -0.05) is 44.2 Å². The molecular weight excluding hydrogens is 174 g/mol. The zero-order valence-corrected chi connectivity index (χ0v) is 8.90. The molecule has 0 bridgehead atoms. The molecule has 2 heteroatoms. The lowest BCUT2D eigenvalue weighted by Crippen LogP contribution is -2.25. The van der Waals surface area contributed by atoms with Gasteiger partial charge in [-0.2, -0.15) is 0 Å². The second-order valence-electron chi connectivity index (χ2n) is 3.98. The fraction of sp³-hybridized carbons (Fsp3) is 0.500. The highest BCUT2D eigenvalue weighted by Crippen LogP contribution is 2.10. The summed E-state index contributed by atoms with van der Waals surface area (Å²) in [4.78, 5) is 0. The van der Waals surface area contributed by atoms with Crippen molar-refractivity contribution in [3.8, 4) is 0 Å². The SMILES string of the molecule is CC(C)CNC[C@@H](O)c1ccccc1. The molecular formula is C12H19NO. The van der Waals surface area contributed by atoms with Crippen LogP contribution in [0.2, 0.25) is 0 Å². The van der Waals surface area contributed by atoms with E-state index in [0.29, 0.717) is 12.5 Å². The molecule has 0 aliphatic rings. The molecule has 14 heavy (non-hydrogen) atoms. The highest BCUT2D eigenvalue weighted by Gasteiger charge is 2.05. The van der Waals surface area contributed by atoms with Crippen LogP contribution in [0, 0.1) is 5.92 Å². The Bertz CT molecular complexity index is 246. The summed E-state index contributed by atoms with van der Waals surface area (Å²) in [5, 5.41) is 13.0. The van der Waals surface area contributed by atoms with Crippen LogP contribution in [0.15, 0.2) is 30.3 Å². The molecule has 1 aromatic rings. The van der Waals surface area contributed by atoms with Gasteiger partial charge in [0.2, 0.25) is 0 Å². The van der Waals surface area contributed by atoms with Gasteiger partial charge in [0.1, 0.15) is 0 Å². The molecule has 0 spiro atoms. The Kier molecular flexibility index (Phi) is 4.63. The first-order valence-electron chi connectivity index (χ1n) is 5.14. The predicted molar refractivity (Wildman–Crippen MR) is 59.1 cm³/mol. The Morgan fingerprint density at radius 2 is 1.79 bits per heavy atom. The number of hydrogen-bond donors (Lipinski definition) is 2. The lowest BCUT2D eigenvalue weighted by Gasteiger charge is -2.13. The van der Waals surface area contributed by atoms with Crippen LogP contribution in [0.25, 0.3) is 0 Å². The second kappa shape index (κ2) is 5.78. The van der Waals surface area contributed by atoms with Crippen molar-refractivity contribution in [1.82, 2.24) is 5.32 Å². The summed E-state index contributed by atoms with van der Waals surface area (Å²) in [6, 6.07) is 9.74. The highest BCUT2D eigenvalue weighted by atomic mass is 16.3. The van der Waals surface area contributed by atoms with Gasteiger partial charge in [-0.25, -0.2) is 0 Å². The average molecular weight is 193 g/mol. The molecule has 1 aromatic carbocycles. The van der Waals surface area contributed by atoms with E-state index in [4.69, 9.17) is 0 Å². The largest absolute Gasteiger partial charge is 0.387 e. The lowest BCUT2D eigenvalue weighted by atomic mass is 10.1. The van der Waals surface area contributed by atoms with E-state index < -0.39 is 6.10 Å². The summed E-state index contributed by atoms with van der Waals surface area (Å²) < 4.78 is 0. The molecule has 2 nitrogen and oxygen atoms in total. The van der Waals surface area contributed by atoms with Crippen LogP contribution < -0.4 is 5.32 Å². The van der Waals surface area contributed by atoms with E-state index in [1.807, 2.05) is 30.3 Å². The Labute approximate surface area is 86.0 Å². The molecule has 0 saturated heterocycles. The minimum atomic E-state index is -0.394. The van der Waals surface area contributed by atoms with Gasteiger partial charge in [-0.05, 0) is 18.0 Å². The van der Waals surface area contributed by atoms with E-state index in [-0.39, 0.29) is 0 Å². The van der Waals surface area contributed by atoms with E-state index in [9.17, 15) is 5.11 Å². The van der Waals surface area contributed by atoms with Crippen LogP contribution in [0.4, 0.5) is 0 Å². The second-order valence-corrected chi connectivity index (χ2v) is 3.98. The van der Waals surface area contributed by atoms with Crippen molar-refractivity contribution < 1.29 is 5.11 Å². The number of rotatable bonds is 5. The topological polar surface area (TPSA) is 32.3 Å². The molecule has 1 rings (SSSR count). The number of benzene rings is 1. The minimum absolute atomic E-state index is 0.394. The number of nitrogens with one attached hydrogen (secondary N) is 1. The minimum Gasteiger partial charge on any atom is -0.387 e. The van der Waals surface area contributed by atoms with Crippen LogP contribution >= 0.6 is 0 Å². The quantitative estimate of drug-likeness (QED) is 0.749. The molecule has 0 radical (unpaired) electrons. The standard InChI is InChI=1S/C12H19NO/c1-10(2)8-13-9-12(14)11-6-4-3-5-7-11/h3-7,10,12-14H,8-9H2,1-2H3/t12-/m1/s1. The van der Waals surface area contributed by atoms with Crippen molar-refractivity contribution in [1.29, 1.82) is 0 Å². The van der Waals surface area contributed by atoms with Crippen LogP contribution in [-0.4, -0.2) is 18.2 Å². The summed E-state index contributed by atoms with van der Waals surface area (Å²) in [5.41, 5.74) is 0.976.